The summed E-state index contributed by atoms with van der Waals surface area (Å²) in [6.07, 6.45) is 3.51. The van der Waals surface area contributed by atoms with Gasteiger partial charge in [-0.2, -0.15) is 0 Å². The summed E-state index contributed by atoms with van der Waals surface area (Å²) in [7, 11) is 6.61. The van der Waals surface area contributed by atoms with Gasteiger partial charge in [-0.3, -0.25) is 4.99 Å². The monoisotopic (exact) mass is 369 g/mol. The molecule has 2 aromatic carbocycles. The quantitative estimate of drug-likeness (QED) is 0.552. The third-order valence-corrected chi connectivity index (χ3v) is 5.09. The summed E-state index contributed by atoms with van der Waals surface area (Å²) in [5.41, 5.74) is 4.99. The van der Waals surface area contributed by atoms with Crippen LogP contribution < -0.4 is 9.47 Å². The molecule has 0 aromatic heterocycles. The van der Waals surface area contributed by atoms with E-state index in [0.29, 0.717) is 6.54 Å². The van der Waals surface area contributed by atoms with Crippen LogP contribution in [0.5, 0.6) is 11.5 Å². The molecule has 0 radical (unpaired) electrons. The number of benzene rings is 2. The summed E-state index contributed by atoms with van der Waals surface area (Å²) in [4.78, 5) is 4.63. The Morgan fingerprint density at radius 2 is 1.74 bits per heavy atom. The van der Waals surface area contributed by atoms with Gasteiger partial charge in [-0.15, -0.1) is 0 Å². The van der Waals surface area contributed by atoms with Crippen LogP contribution in [0.2, 0.25) is 0 Å². The number of ether oxygens (including phenoxy) is 4. The van der Waals surface area contributed by atoms with Crippen molar-refractivity contribution in [1.82, 2.24) is 0 Å². The highest BCUT2D eigenvalue weighted by atomic mass is 16.7. The van der Waals surface area contributed by atoms with Crippen LogP contribution in [0.4, 0.5) is 0 Å². The zero-order chi connectivity index (χ0) is 19.2. The predicted molar refractivity (Wildman–Crippen MR) is 106 cm³/mol. The minimum Gasteiger partial charge on any atom is -0.493 e. The van der Waals surface area contributed by atoms with Gasteiger partial charge in [0.2, 0.25) is 0 Å². The average Bonchev–Trinajstić information content (AvgIpc) is 2.87. The Bertz CT molecular complexity index is 799. The Morgan fingerprint density at radius 3 is 2.44 bits per heavy atom. The number of fused-ring (bicyclic) bond motifs is 2. The van der Waals surface area contributed by atoms with Crippen molar-refractivity contribution in [2.75, 3.05) is 35.0 Å². The number of aliphatic imine (C=N–C) groups is 1. The average molecular weight is 369 g/mol. The van der Waals surface area contributed by atoms with E-state index in [2.05, 4.69) is 35.3 Å². The second-order valence-corrected chi connectivity index (χ2v) is 6.46. The Labute approximate surface area is 160 Å². The fraction of sp³-hybridized carbons (Fsp3) is 0.409. The van der Waals surface area contributed by atoms with Gasteiger partial charge in [0.25, 0.3) is 0 Å². The van der Waals surface area contributed by atoms with Crippen molar-refractivity contribution in [3.63, 3.8) is 0 Å². The molecular weight excluding hydrogens is 342 g/mol. The molecule has 1 unspecified atom stereocenters. The van der Waals surface area contributed by atoms with Crippen LogP contribution in [0.1, 0.15) is 28.2 Å². The molecule has 0 fully saturated rings. The van der Waals surface area contributed by atoms with Crippen molar-refractivity contribution in [1.29, 1.82) is 0 Å². The molecule has 5 heteroatoms. The molecule has 27 heavy (non-hydrogen) atoms. The number of rotatable bonds is 7. The topological polar surface area (TPSA) is 49.3 Å². The highest BCUT2D eigenvalue weighted by Crippen LogP contribution is 2.41. The van der Waals surface area contributed by atoms with Gasteiger partial charge in [0.15, 0.2) is 17.8 Å². The van der Waals surface area contributed by atoms with Gasteiger partial charge in [-0.05, 0) is 35.6 Å². The van der Waals surface area contributed by atoms with Gasteiger partial charge < -0.3 is 18.9 Å². The van der Waals surface area contributed by atoms with Gasteiger partial charge >= 0.3 is 0 Å². The molecule has 2 aromatic rings. The fourth-order valence-corrected chi connectivity index (χ4v) is 3.71. The summed E-state index contributed by atoms with van der Waals surface area (Å²) < 4.78 is 21.7. The van der Waals surface area contributed by atoms with Gasteiger partial charge in [-0.1, -0.05) is 30.3 Å². The van der Waals surface area contributed by atoms with E-state index < -0.39 is 0 Å². The first-order valence-electron chi connectivity index (χ1n) is 9.10. The highest BCUT2D eigenvalue weighted by Gasteiger charge is 2.26. The SMILES string of the molecule is COc1ccc2c(c1OC)CCc1ccccc1C2C=NCC(OC)OC. The lowest BCUT2D eigenvalue weighted by Crippen LogP contribution is -2.17. The summed E-state index contributed by atoms with van der Waals surface area (Å²) in [5.74, 6) is 1.62. The van der Waals surface area contributed by atoms with Crippen LogP contribution in [0.25, 0.3) is 0 Å². The molecule has 3 rings (SSSR count). The normalized spacial score (nSPS) is 16.1. The molecule has 0 spiro atoms. The number of hydrogen-bond acceptors (Lipinski definition) is 5. The third-order valence-electron chi connectivity index (χ3n) is 5.09. The molecule has 1 aliphatic carbocycles. The smallest absolute Gasteiger partial charge is 0.176 e. The largest absolute Gasteiger partial charge is 0.493 e. The van der Waals surface area contributed by atoms with Crippen molar-refractivity contribution in [2.24, 2.45) is 4.99 Å². The van der Waals surface area contributed by atoms with E-state index in [1.54, 1.807) is 28.4 Å². The molecule has 0 saturated carbocycles. The van der Waals surface area contributed by atoms with Gasteiger partial charge in [0, 0.05) is 31.9 Å². The second kappa shape index (κ2) is 9.02. The maximum atomic E-state index is 5.71. The van der Waals surface area contributed by atoms with Crippen LogP contribution in [0.3, 0.4) is 0 Å². The van der Waals surface area contributed by atoms with E-state index in [4.69, 9.17) is 18.9 Å². The van der Waals surface area contributed by atoms with E-state index in [1.165, 1.54) is 22.3 Å². The molecule has 5 nitrogen and oxygen atoms in total. The fourth-order valence-electron chi connectivity index (χ4n) is 3.71. The Hall–Kier alpha value is -2.37. The molecule has 0 saturated heterocycles. The van der Waals surface area contributed by atoms with Crippen molar-refractivity contribution in [2.45, 2.75) is 25.0 Å². The van der Waals surface area contributed by atoms with E-state index in [0.717, 1.165) is 24.3 Å². The summed E-state index contributed by atoms with van der Waals surface area (Å²) in [6.45, 7) is 0.453. The molecule has 0 N–H and O–H groups in total. The summed E-state index contributed by atoms with van der Waals surface area (Å²) in [5, 5.41) is 0. The maximum absolute atomic E-state index is 5.71. The number of aryl methyl sites for hydroxylation is 1. The molecule has 1 aliphatic rings. The van der Waals surface area contributed by atoms with E-state index >= 15 is 0 Å². The molecule has 144 valence electrons. The van der Waals surface area contributed by atoms with Crippen LogP contribution in [-0.4, -0.2) is 47.5 Å². The molecule has 0 heterocycles. The number of nitrogens with zero attached hydrogens (tertiary/aromatic N) is 1. The Balaban J connectivity index is 2.06. The lowest BCUT2D eigenvalue weighted by Gasteiger charge is -2.20. The summed E-state index contributed by atoms with van der Waals surface area (Å²) >= 11 is 0. The van der Waals surface area contributed by atoms with Crippen LogP contribution in [0.15, 0.2) is 41.4 Å². The first-order valence-corrected chi connectivity index (χ1v) is 9.10. The van der Waals surface area contributed by atoms with E-state index in [9.17, 15) is 0 Å². The minimum atomic E-state index is -0.341. The lowest BCUT2D eigenvalue weighted by atomic mass is 9.88. The van der Waals surface area contributed by atoms with Crippen LogP contribution in [-0.2, 0) is 22.3 Å². The molecule has 1 atom stereocenters. The first-order chi connectivity index (χ1) is 13.2. The maximum Gasteiger partial charge on any atom is 0.176 e. The predicted octanol–water partition coefficient (Wildman–Crippen LogP) is 3.62. The first kappa shape index (κ1) is 19.4. The number of hydrogen-bond donors (Lipinski definition) is 0. The van der Waals surface area contributed by atoms with Gasteiger partial charge in [0.05, 0.1) is 20.8 Å². The Morgan fingerprint density at radius 1 is 0.963 bits per heavy atom. The van der Waals surface area contributed by atoms with Crippen LogP contribution >= 0.6 is 0 Å². The zero-order valence-electron chi connectivity index (χ0n) is 16.4. The standard InChI is InChI=1S/C22H27NO4/c1-24-20-12-11-17-18(22(20)27-4)10-9-15-7-5-6-8-16(15)19(17)13-23-14-21(25-2)26-3/h5-8,11-13,19,21H,9-10,14H2,1-4H3. The summed E-state index contributed by atoms with van der Waals surface area (Å²) in [6, 6.07) is 12.6. The van der Waals surface area contributed by atoms with E-state index in [1.807, 2.05) is 12.3 Å². The molecule has 0 aliphatic heterocycles. The molecule has 0 amide bonds. The van der Waals surface area contributed by atoms with E-state index in [-0.39, 0.29) is 12.2 Å². The van der Waals surface area contributed by atoms with Crippen molar-refractivity contribution >= 4 is 6.21 Å². The second-order valence-electron chi connectivity index (χ2n) is 6.46. The van der Waals surface area contributed by atoms with Crippen molar-refractivity contribution in [3.8, 4) is 11.5 Å². The zero-order valence-corrected chi connectivity index (χ0v) is 16.4. The highest BCUT2D eigenvalue weighted by molar-refractivity contribution is 5.76. The molecule has 0 bridgehead atoms. The minimum absolute atomic E-state index is 0.0490. The third kappa shape index (κ3) is 3.99. The number of methoxy groups -OCH3 is 4. The van der Waals surface area contributed by atoms with Crippen LogP contribution in [0, 0.1) is 0 Å². The molecular formula is C22H27NO4. The van der Waals surface area contributed by atoms with Crippen molar-refractivity contribution < 1.29 is 18.9 Å². The van der Waals surface area contributed by atoms with Gasteiger partial charge in [0.1, 0.15) is 0 Å². The Kier molecular flexibility index (Phi) is 6.48. The van der Waals surface area contributed by atoms with Crippen molar-refractivity contribution in [3.05, 3.63) is 58.7 Å². The van der Waals surface area contributed by atoms with Gasteiger partial charge in [-0.25, -0.2) is 0 Å². The lowest BCUT2D eigenvalue weighted by molar-refractivity contribution is -0.0936.